The van der Waals surface area contributed by atoms with Crippen LogP contribution in [0.25, 0.3) is 0 Å². The third-order valence-electron chi connectivity index (χ3n) is 2.36. The molecule has 7 heteroatoms. The average Bonchev–Trinajstić information content (AvgIpc) is 2.25. The highest BCUT2D eigenvalue weighted by atomic mass is 16.2. The van der Waals surface area contributed by atoms with Crippen LogP contribution in [0, 0.1) is 0 Å². The first-order valence-electron chi connectivity index (χ1n) is 5.36. The standard InChI is InChI=1S/C10H16N4O3/c1-6(2)14(5-8(11)15)10(17)7-3-4-9(16)13-12-7/h6H,3-5H2,1-2H3,(H2,11,15)(H,13,16). The van der Waals surface area contributed by atoms with Gasteiger partial charge in [-0.1, -0.05) is 0 Å². The summed E-state index contributed by atoms with van der Waals surface area (Å²) in [6.07, 6.45) is 0.514. The summed E-state index contributed by atoms with van der Waals surface area (Å²) < 4.78 is 0. The molecule has 0 aromatic rings. The van der Waals surface area contributed by atoms with Gasteiger partial charge < -0.3 is 10.6 Å². The average molecular weight is 240 g/mol. The Morgan fingerprint density at radius 2 is 2.12 bits per heavy atom. The summed E-state index contributed by atoms with van der Waals surface area (Å²) in [5, 5.41) is 3.69. The van der Waals surface area contributed by atoms with Gasteiger partial charge in [-0.3, -0.25) is 14.4 Å². The number of nitrogens with one attached hydrogen (secondary N) is 1. The van der Waals surface area contributed by atoms with Crippen LogP contribution in [0.4, 0.5) is 0 Å². The third kappa shape index (κ3) is 3.54. The summed E-state index contributed by atoms with van der Waals surface area (Å²) in [4.78, 5) is 35.1. The largest absolute Gasteiger partial charge is 0.368 e. The fourth-order valence-electron chi connectivity index (χ4n) is 1.45. The molecule has 0 radical (unpaired) electrons. The minimum absolute atomic E-state index is 0.149. The lowest BCUT2D eigenvalue weighted by atomic mass is 10.1. The van der Waals surface area contributed by atoms with E-state index in [4.69, 9.17) is 5.73 Å². The fourth-order valence-corrected chi connectivity index (χ4v) is 1.45. The molecule has 0 saturated carbocycles. The van der Waals surface area contributed by atoms with E-state index in [0.717, 1.165) is 0 Å². The van der Waals surface area contributed by atoms with E-state index >= 15 is 0 Å². The van der Waals surface area contributed by atoms with Crippen LogP contribution in [0.3, 0.4) is 0 Å². The maximum atomic E-state index is 12.0. The molecule has 17 heavy (non-hydrogen) atoms. The van der Waals surface area contributed by atoms with Gasteiger partial charge in [-0.25, -0.2) is 5.43 Å². The normalized spacial score (nSPS) is 15.2. The monoisotopic (exact) mass is 240 g/mol. The smallest absolute Gasteiger partial charge is 0.270 e. The van der Waals surface area contributed by atoms with Crippen molar-refractivity contribution < 1.29 is 14.4 Å². The van der Waals surface area contributed by atoms with E-state index in [0.29, 0.717) is 0 Å². The number of carbonyl (C=O) groups is 3. The van der Waals surface area contributed by atoms with Gasteiger partial charge in [-0.15, -0.1) is 0 Å². The van der Waals surface area contributed by atoms with Gasteiger partial charge in [0.05, 0.1) is 6.54 Å². The molecule has 1 aliphatic rings. The van der Waals surface area contributed by atoms with Crippen molar-refractivity contribution in [3.63, 3.8) is 0 Å². The molecule has 1 heterocycles. The van der Waals surface area contributed by atoms with E-state index in [1.54, 1.807) is 13.8 Å². The van der Waals surface area contributed by atoms with Gasteiger partial charge in [0.2, 0.25) is 11.8 Å². The van der Waals surface area contributed by atoms with Gasteiger partial charge >= 0.3 is 0 Å². The lowest BCUT2D eigenvalue weighted by molar-refractivity contribution is -0.131. The highest BCUT2D eigenvalue weighted by molar-refractivity contribution is 6.39. The van der Waals surface area contributed by atoms with E-state index in [-0.39, 0.29) is 43.0 Å². The summed E-state index contributed by atoms with van der Waals surface area (Å²) in [5.74, 6) is -1.15. The van der Waals surface area contributed by atoms with E-state index < -0.39 is 5.91 Å². The molecule has 1 aliphatic heterocycles. The number of amides is 3. The Labute approximate surface area is 99.0 Å². The summed E-state index contributed by atoms with van der Waals surface area (Å²) in [5.41, 5.74) is 7.57. The Morgan fingerprint density at radius 1 is 1.47 bits per heavy atom. The molecule has 3 amide bonds. The molecule has 94 valence electrons. The first kappa shape index (κ1) is 13.1. The van der Waals surface area contributed by atoms with E-state index in [9.17, 15) is 14.4 Å². The molecular formula is C10H16N4O3. The Bertz CT molecular complexity index is 376. The second kappa shape index (κ2) is 5.42. The summed E-state index contributed by atoms with van der Waals surface area (Å²) in [6, 6.07) is -0.157. The Balaban J connectivity index is 2.78. The van der Waals surface area contributed by atoms with Crippen LogP contribution in [0.15, 0.2) is 5.10 Å². The van der Waals surface area contributed by atoms with Crippen molar-refractivity contribution >= 4 is 23.4 Å². The number of carbonyl (C=O) groups excluding carboxylic acids is 3. The minimum atomic E-state index is -0.576. The summed E-state index contributed by atoms with van der Waals surface area (Å²) in [6.45, 7) is 3.41. The second-order valence-corrected chi connectivity index (χ2v) is 4.09. The van der Waals surface area contributed by atoms with E-state index in [2.05, 4.69) is 10.5 Å². The predicted molar refractivity (Wildman–Crippen MR) is 60.9 cm³/mol. The van der Waals surface area contributed by atoms with Crippen LogP contribution >= 0.6 is 0 Å². The molecule has 0 saturated heterocycles. The topological polar surface area (TPSA) is 105 Å². The summed E-state index contributed by atoms with van der Waals surface area (Å²) >= 11 is 0. The number of hydrazone groups is 1. The second-order valence-electron chi connectivity index (χ2n) is 4.09. The highest BCUT2D eigenvalue weighted by Crippen LogP contribution is 2.06. The van der Waals surface area contributed by atoms with Crippen LogP contribution in [0.1, 0.15) is 26.7 Å². The molecule has 0 aromatic carbocycles. The predicted octanol–water partition coefficient (Wildman–Crippen LogP) is -1.03. The molecule has 0 bridgehead atoms. The molecule has 0 fully saturated rings. The SMILES string of the molecule is CC(C)N(CC(N)=O)C(=O)C1=NNC(=O)CC1. The van der Waals surface area contributed by atoms with E-state index in [1.165, 1.54) is 4.90 Å². The van der Waals surface area contributed by atoms with Crippen LogP contribution < -0.4 is 11.2 Å². The third-order valence-corrected chi connectivity index (χ3v) is 2.36. The Kier molecular flexibility index (Phi) is 4.19. The van der Waals surface area contributed by atoms with E-state index in [1.807, 2.05) is 0 Å². The number of rotatable bonds is 4. The Morgan fingerprint density at radius 3 is 2.53 bits per heavy atom. The molecule has 1 rings (SSSR count). The zero-order valence-electron chi connectivity index (χ0n) is 9.90. The zero-order chi connectivity index (χ0) is 13.0. The lowest BCUT2D eigenvalue weighted by Crippen LogP contribution is -2.47. The number of hydrogen-bond donors (Lipinski definition) is 2. The van der Waals surface area contributed by atoms with Gasteiger partial charge in [0.15, 0.2) is 0 Å². The number of hydrogen-bond acceptors (Lipinski definition) is 4. The molecule has 3 N–H and O–H groups in total. The molecule has 7 nitrogen and oxygen atoms in total. The number of nitrogens with zero attached hydrogens (tertiary/aromatic N) is 2. The van der Waals surface area contributed by atoms with Crippen molar-refractivity contribution in [2.24, 2.45) is 10.8 Å². The first-order chi connectivity index (χ1) is 7.91. The van der Waals surface area contributed by atoms with Crippen molar-refractivity contribution in [2.45, 2.75) is 32.7 Å². The van der Waals surface area contributed by atoms with Crippen molar-refractivity contribution in [1.82, 2.24) is 10.3 Å². The molecular weight excluding hydrogens is 224 g/mol. The van der Waals surface area contributed by atoms with Gasteiger partial charge in [0, 0.05) is 18.9 Å². The van der Waals surface area contributed by atoms with Crippen LogP contribution in [-0.4, -0.2) is 40.9 Å². The van der Waals surface area contributed by atoms with Gasteiger partial charge in [-0.2, -0.15) is 5.10 Å². The van der Waals surface area contributed by atoms with Crippen molar-refractivity contribution in [1.29, 1.82) is 0 Å². The molecule has 0 aliphatic carbocycles. The molecule has 0 spiro atoms. The molecule has 0 aromatic heterocycles. The first-order valence-corrected chi connectivity index (χ1v) is 5.36. The van der Waals surface area contributed by atoms with Crippen molar-refractivity contribution in [3.05, 3.63) is 0 Å². The van der Waals surface area contributed by atoms with Crippen molar-refractivity contribution in [2.75, 3.05) is 6.54 Å². The van der Waals surface area contributed by atoms with Crippen LogP contribution in [-0.2, 0) is 14.4 Å². The lowest BCUT2D eigenvalue weighted by Gasteiger charge is -2.26. The maximum Gasteiger partial charge on any atom is 0.270 e. The number of nitrogens with two attached hydrogens (primary N) is 1. The van der Waals surface area contributed by atoms with Gasteiger partial charge in [-0.05, 0) is 13.8 Å². The number of primary amides is 1. The Hall–Kier alpha value is -1.92. The maximum absolute atomic E-state index is 12.0. The summed E-state index contributed by atoms with van der Waals surface area (Å²) in [7, 11) is 0. The molecule has 0 unspecified atom stereocenters. The van der Waals surface area contributed by atoms with Crippen LogP contribution in [0.2, 0.25) is 0 Å². The minimum Gasteiger partial charge on any atom is -0.368 e. The van der Waals surface area contributed by atoms with Crippen LogP contribution in [0.5, 0.6) is 0 Å². The van der Waals surface area contributed by atoms with Crippen molar-refractivity contribution in [3.8, 4) is 0 Å². The van der Waals surface area contributed by atoms with Gasteiger partial charge in [0.1, 0.15) is 5.71 Å². The zero-order valence-corrected chi connectivity index (χ0v) is 9.90. The molecule has 0 atom stereocenters. The highest BCUT2D eigenvalue weighted by Gasteiger charge is 2.26. The quantitative estimate of drug-likeness (QED) is 0.656. The van der Waals surface area contributed by atoms with Gasteiger partial charge in [0.25, 0.3) is 5.91 Å². The fraction of sp³-hybridized carbons (Fsp3) is 0.600.